The van der Waals surface area contributed by atoms with Gasteiger partial charge in [-0.3, -0.25) is 0 Å². The minimum absolute atomic E-state index is 0.351. The molecule has 0 radical (unpaired) electrons. The van der Waals surface area contributed by atoms with E-state index in [1.165, 1.54) is 6.42 Å². The SMILES string of the molecule is ClC1CCCC(Cl)C(I)C1. The van der Waals surface area contributed by atoms with Gasteiger partial charge in [-0.25, -0.2) is 0 Å². The summed E-state index contributed by atoms with van der Waals surface area (Å²) < 4.78 is 0.573. The molecule has 10 heavy (non-hydrogen) atoms. The van der Waals surface area contributed by atoms with E-state index in [2.05, 4.69) is 22.6 Å². The molecule has 0 aromatic carbocycles. The van der Waals surface area contributed by atoms with E-state index in [1.54, 1.807) is 0 Å². The highest BCUT2D eigenvalue weighted by molar-refractivity contribution is 14.1. The summed E-state index contributed by atoms with van der Waals surface area (Å²) in [4.78, 5) is 0. The highest BCUT2D eigenvalue weighted by atomic mass is 127. The normalized spacial score (nSPS) is 42.9. The zero-order valence-electron chi connectivity index (χ0n) is 5.69. The molecule has 3 atom stereocenters. The lowest BCUT2D eigenvalue weighted by molar-refractivity contribution is 0.709. The van der Waals surface area contributed by atoms with Crippen LogP contribution in [0.5, 0.6) is 0 Å². The van der Waals surface area contributed by atoms with Crippen LogP contribution in [0.2, 0.25) is 0 Å². The predicted octanol–water partition coefficient (Wildman–Crippen LogP) is 3.58. The second kappa shape index (κ2) is 4.36. The van der Waals surface area contributed by atoms with Crippen LogP contribution in [-0.4, -0.2) is 14.7 Å². The van der Waals surface area contributed by atoms with Crippen LogP contribution in [0, 0.1) is 0 Å². The van der Waals surface area contributed by atoms with Gasteiger partial charge in [0.2, 0.25) is 0 Å². The maximum Gasteiger partial charge on any atom is 0.0454 e. The zero-order valence-corrected chi connectivity index (χ0v) is 9.36. The van der Waals surface area contributed by atoms with Crippen LogP contribution in [0.3, 0.4) is 0 Å². The van der Waals surface area contributed by atoms with Crippen LogP contribution in [0.1, 0.15) is 25.7 Å². The van der Waals surface area contributed by atoms with Crippen molar-refractivity contribution in [3.8, 4) is 0 Å². The van der Waals surface area contributed by atoms with Crippen molar-refractivity contribution in [3.05, 3.63) is 0 Å². The molecule has 0 aromatic rings. The van der Waals surface area contributed by atoms with Crippen molar-refractivity contribution >= 4 is 45.8 Å². The summed E-state index contributed by atoms with van der Waals surface area (Å²) in [6.45, 7) is 0. The number of alkyl halides is 3. The molecule has 0 saturated heterocycles. The van der Waals surface area contributed by atoms with E-state index >= 15 is 0 Å². The van der Waals surface area contributed by atoms with Gasteiger partial charge in [-0.1, -0.05) is 29.0 Å². The van der Waals surface area contributed by atoms with E-state index in [9.17, 15) is 0 Å². The van der Waals surface area contributed by atoms with E-state index < -0.39 is 0 Å². The molecule has 1 saturated carbocycles. The molecule has 0 nitrogen and oxygen atoms in total. The first-order valence-electron chi connectivity index (χ1n) is 3.62. The van der Waals surface area contributed by atoms with E-state index in [0.29, 0.717) is 14.7 Å². The number of rotatable bonds is 0. The molecule has 1 aliphatic rings. The zero-order chi connectivity index (χ0) is 7.56. The molecule has 1 fully saturated rings. The van der Waals surface area contributed by atoms with Gasteiger partial charge in [-0.05, 0) is 19.3 Å². The van der Waals surface area contributed by atoms with Crippen LogP contribution < -0.4 is 0 Å². The molecule has 0 heterocycles. The van der Waals surface area contributed by atoms with Crippen molar-refractivity contribution < 1.29 is 0 Å². The Kier molecular flexibility index (Phi) is 4.10. The molecule has 0 amide bonds. The van der Waals surface area contributed by atoms with E-state index in [4.69, 9.17) is 23.2 Å². The largest absolute Gasteiger partial charge is 0.123 e. The van der Waals surface area contributed by atoms with Crippen LogP contribution in [0.4, 0.5) is 0 Å². The summed E-state index contributed by atoms with van der Waals surface area (Å²) in [6, 6.07) is 0. The van der Waals surface area contributed by atoms with Crippen molar-refractivity contribution in [1.82, 2.24) is 0 Å². The Bertz CT molecular complexity index is 108. The summed E-state index contributed by atoms with van der Waals surface area (Å²) in [6.07, 6.45) is 4.56. The smallest absolute Gasteiger partial charge is 0.0454 e. The predicted molar refractivity (Wildman–Crippen MR) is 55.6 cm³/mol. The first-order valence-corrected chi connectivity index (χ1v) is 5.74. The molecule has 0 aliphatic heterocycles. The molecular formula is C7H11Cl2I. The Morgan fingerprint density at radius 1 is 1.20 bits per heavy atom. The Labute approximate surface area is 85.8 Å². The van der Waals surface area contributed by atoms with Crippen molar-refractivity contribution in [2.24, 2.45) is 0 Å². The maximum atomic E-state index is 6.07. The molecule has 60 valence electrons. The van der Waals surface area contributed by atoms with Gasteiger partial charge in [0.25, 0.3) is 0 Å². The molecule has 1 rings (SSSR count). The summed E-state index contributed by atoms with van der Waals surface area (Å²) in [5, 5.41) is 0.718. The molecule has 3 heteroatoms. The van der Waals surface area contributed by atoms with Gasteiger partial charge in [0.1, 0.15) is 0 Å². The second-order valence-electron chi connectivity index (χ2n) is 2.80. The lowest BCUT2D eigenvalue weighted by Gasteiger charge is -2.12. The van der Waals surface area contributed by atoms with Crippen molar-refractivity contribution in [2.45, 2.75) is 40.4 Å². The Morgan fingerprint density at radius 3 is 2.60 bits per heavy atom. The van der Waals surface area contributed by atoms with Gasteiger partial charge < -0.3 is 0 Å². The van der Waals surface area contributed by atoms with Gasteiger partial charge in [-0.2, -0.15) is 0 Å². The molecule has 1 aliphatic carbocycles. The molecule has 3 unspecified atom stereocenters. The van der Waals surface area contributed by atoms with E-state index in [1.807, 2.05) is 0 Å². The third-order valence-electron chi connectivity index (χ3n) is 1.87. The fourth-order valence-corrected chi connectivity index (χ4v) is 3.10. The number of hydrogen-bond acceptors (Lipinski definition) is 0. The second-order valence-corrected chi connectivity index (χ2v) is 5.57. The summed E-state index contributed by atoms with van der Waals surface area (Å²) in [5.74, 6) is 0. The highest BCUT2D eigenvalue weighted by Crippen LogP contribution is 2.30. The Balaban J connectivity index is 2.41. The van der Waals surface area contributed by atoms with Gasteiger partial charge in [0, 0.05) is 14.7 Å². The summed E-state index contributed by atoms with van der Waals surface area (Å²) >= 11 is 14.5. The number of halogens is 3. The topological polar surface area (TPSA) is 0 Å². The maximum absolute atomic E-state index is 6.07. The highest BCUT2D eigenvalue weighted by Gasteiger charge is 2.23. The van der Waals surface area contributed by atoms with Crippen LogP contribution in [0.15, 0.2) is 0 Å². The number of hydrogen-bond donors (Lipinski definition) is 0. The fraction of sp³-hybridized carbons (Fsp3) is 1.00. The van der Waals surface area contributed by atoms with Crippen LogP contribution in [-0.2, 0) is 0 Å². The van der Waals surface area contributed by atoms with Gasteiger partial charge in [0.15, 0.2) is 0 Å². The average molecular weight is 293 g/mol. The van der Waals surface area contributed by atoms with E-state index in [-0.39, 0.29) is 0 Å². The standard InChI is InChI=1S/C7H11Cl2I/c8-5-2-1-3-6(9)7(10)4-5/h5-7H,1-4H2. The average Bonchev–Trinajstić information content (AvgIpc) is 1.96. The minimum atomic E-state index is 0.351. The summed E-state index contributed by atoms with van der Waals surface area (Å²) in [7, 11) is 0. The van der Waals surface area contributed by atoms with Crippen LogP contribution in [0.25, 0.3) is 0 Å². The van der Waals surface area contributed by atoms with Gasteiger partial charge >= 0.3 is 0 Å². The first-order chi connectivity index (χ1) is 4.70. The van der Waals surface area contributed by atoms with Gasteiger partial charge in [0.05, 0.1) is 0 Å². The van der Waals surface area contributed by atoms with Crippen molar-refractivity contribution in [2.75, 3.05) is 0 Å². The lowest BCUT2D eigenvalue weighted by Crippen LogP contribution is -2.14. The Hall–Kier alpha value is 1.31. The molecule has 0 N–H and O–H groups in total. The molecular weight excluding hydrogens is 282 g/mol. The molecule has 0 spiro atoms. The summed E-state index contributed by atoms with van der Waals surface area (Å²) in [5.41, 5.74) is 0. The van der Waals surface area contributed by atoms with Crippen LogP contribution >= 0.6 is 45.8 Å². The van der Waals surface area contributed by atoms with Crippen molar-refractivity contribution in [1.29, 1.82) is 0 Å². The monoisotopic (exact) mass is 292 g/mol. The lowest BCUT2D eigenvalue weighted by atomic mass is 10.2. The molecule has 0 bridgehead atoms. The quantitative estimate of drug-likeness (QED) is 0.364. The van der Waals surface area contributed by atoms with Gasteiger partial charge in [-0.15, -0.1) is 23.2 Å². The third-order valence-corrected chi connectivity index (χ3v) is 4.59. The fourth-order valence-electron chi connectivity index (χ4n) is 1.23. The minimum Gasteiger partial charge on any atom is -0.123 e. The first kappa shape index (κ1) is 9.40. The third kappa shape index (κ3) is 2.74. The van der Waals surface area contributed by atoms with E-state index in [0.717, 1.165) is 19.3 Å². The Morgan fingerprint density at radius 2 is 1.90 bits per heavy atom. The van der Waals surface area contributed by atoms with Crippen molar-refractivity contribution in [3.63, 3.8) is 0 Å². The molecule has 0 aromatic heterocycles.